The van der Waals surface area contributed by atoms with Crippen LogP contribution in [0.4, 0.5) is 0 Å². The van der Waals surface area contributed by atoms with Gasteiger partial charge in [-0.1, -0.05) is 33.6 Å². The highest BCUT2D eigenvalue weighted by Crippen LogP contribution is 2.35. The molecule has 1 aliphatic carbocycles. The SMILES string of the molecule is CCCSCCCN1C(=O)c2cc3sccc3n2C[C@]1(C)C(=O)N[C@@H]1CCC[C@H](C)[C@H]1C. The third kappa shape index (κ3) is 4.35. The number of thiophene rings is 1. The van der Waals surface area contributed by atoms with Gasteiger partial charge in [-0.2, -0.15) is 11.8 Å². The molecule has 0 aromatic carbocycles. The van der Waals surface area contributed by atoms with Gasteiger partial charge in [-0.3, -0.25) is 9.59 Å². The lowest BCUT2D eigenvalue weighted by molar-refractivity contribution is -0.134. The third-order valence-electron chi connectivity index (χ3n) is 7.58. The van der Waals surface area contributed by atoms with Gasteiger partial charge in [0, 0.05) is 12.6 Å². The maximum atomic E-state index is 13.8. The maximum Gasteiger partial charge on any atom is 0.271 e. The summed E-state index contributed by atoms with van der Waals surface area (Å²) >= 11 is 3.58. The molecular formula is C25H37N3O2S2. The largest absolute Gasteiger partial charge is 0.351 e. The van der Waals surface area contributed by atoms with Gasteiger partial charge in [0.15, 0.2) is 0 Å². The van der Waals surface area contributed by atoms with E-state index in [1.54, 1.807) is 11.3 Å². The van der Waals surface area contributed by atoms with E-state index in [0.717, 1.165) is 53.1 Å². The molecule has 2 aromatic heterocycles. The van der Waals surface area contributed by atoms with E-state index in [2.05, 4.69) is 42.1 Å². The first-order valence-electron chi connectivity index (χ1n) is 12.1. The van der Waals surface area contributed by atoms with Crippen molar-refractivity contribution in [2.75, 3.05) is 18.1 Å². The van der Waals surface area contributed by atoms with Crippen LogP contribution < -0.4 is 5.32 Å². The minimum absolute atomic E-state index is 0.000686. The van der Waals surface area contributed by atoms with Crippen molar-refractivity contribution in [2.45, 2.75) is 77.9 Å². The molecule has 2 aliphatic rings. The molecule has 7 heteroatoms. The molecule has 32 heavy (non-hydrogen) atoms. The fourth-order valence-corrected chi connectivity index (χ4v) is 6.95. The average Bonchev–Trinajstić information content (AvgIpc) is 3.36. The zero-order valence-electron chi connectivity index (χ0n) is 19.9. The van der Waals surface area contributed by atoms with Crippen LogP contribution in [-0.2, 0) is 11.3 Å². The van der Waals surface area contributed by atoms with Gasteiger partial charge in [0.05, 0.1) is 16.8 Å². The van der Waals surface area contributed by atoms with Gasteiger partial charge in [-0.25, -0.2) is 0 Å². The monoisotopic (exact) mass is 475 g/mol. The minimum atomic E-state index is -0.881. The van der Waals surface area contributed by atoms with Crippen molar-refractivity contribution in [1.82, 2.24) is 14.8 Å². The van der Waals surface area contributed by atoms with Crippen molar-refractivity contribution in [3.63, 3.8) is 0 Å². The van der Waals surface area contributed by atoms with Gasteiger partial charge in [0.1, 0.15) is 11.2 Å². The lowest BCUT2D eigenvalue weighted by atomic mass is 9.77. The first-order chi connectivity index (χ1) is 15.4. The number of nitrogens with one attached hydrogen (secondary N) is 1. The van der Waals surface area contributed by atoms with E-state index in [-0.39, 0.29) is 17.9 Å². The Labute approximate surface area is 200 Å². The number of hydrogen-bond acceptors (Lipinski definition) is 4. The normalized spacial score (nSPS) is 28.2. The number of fused-ring (bicyclic) bond motifs is 3. The highest BCUT2D eigenvalue weighted by molar-refractivity contribution is 7.99. The van der Waals surface area contributed by atoms with E-state index in [1.807, 2.05) is 29.7 Å². The molecular weight excluding hydrogens is 438 g/mol. The molecule has 0 bridgehead atoms. The van der Waals surface area contributed by atoms with Crippen molar-refractivity contribution in [1.29, 1.82) is 0 Å². The van der Waals surface area contributed by atoms with Crippen LogP contribution in [0.15, 0.2) is 17.5 Å². The molecule has 0 unspecified atom stereocenters. The Morgan fingerprint density at radius 2 is 2.12 bits per heavy atom. The van der Waals surface area contributed by atoms with Gasteiger partial charge in [0.2, 0.25) is 5.91 Å². The number of thioether (sulfide) groups is 1. The second-order valence-electron chi connectivity index (χ2n) is 9.83. The van der Waals surface area contributed by atoms with Gasteiger partial charge >= 0.3 is 0 Å². The number of aromatic nitrogens is 1. The van der Waals surface area contributed by atoms with Crippen LogP contribution in [0.5, 0.6) is 0 Å². The fraction of sp³-hybridized carbons (Fsp3) is 0.680. The summed E-state index contributed by atoms with van der Waals surface area (Å²) in [7, 11) is 0. The van der Waals surface area contributed by atoms with E-state index in [0.29, 0.717) is 24.9 Å². The Morgan fingerprint density at radius 3 is 2.91 bits per heavy atom. The summed E-state index contributed by atoms with van der Waals surface area (Å²) < 4.78 is 3.19. The van der Waals surface area contributed by atoms with Crippen LogP contribution in [-0.4, -0.2) is 50.9 Å². The molecule has 5 nitrogen and oxygen atoms in total. The predicted octanol–water partition coefficient (Wildman–Crippen LogP) is 5.39. The van der Waals surface area contributed by atoms with E-state index in [4.69, 9.17) is 0 Å². The molecule has 2 aromatic rings. The zero-order chi connectivity index (χ0) is 22.9. The van der Waals surface area contributed by atoms with Gasteiger partial charge in [0.25, 0.3) is 5.91 Å². The van der Waals surface area contributed by atoms with Crippen molar-refractivity contribution in [3.8, 4) is 0 Å². The summed E-state index contributed by atoms with van der Waals surface area (Å²) in [4.78, 5) is 29.3. The Morgan fingerprint density at radius 1 is 1.31 bits per heavy atom. The highest BCUT2D eigenvalue weighted by atomic mass is 32.2. The fourth-order valence-electron chi connectivity index (χ4n) is 5.30. The van der Waals surface area contributed by atoms with E-state index >= 15 is 0 Å². The van der Waals surface area contributed by atoms with Crippen LogP contribution in [0.25, 0.3) is 10.2 Å². The number of amides is 2. The second kappa shape index (κ2) is 9.80. The minimum Gasteiger partial charge on any atom is -0.351 e. The molecule has 0 spiro atoms. The molecule has 4 atom stereocenters. The summed E-state index contributed by atoms with van der Waals surface area (Å²) in [5, 5.41) is 5.44. The third-order valence-corrected chi connectivity index (χ3v) is 9.71. The Bertz CT molecular complexity index is 968. The molecule has 1 aliphatic heterocycles. The van der Waals surface area contributed by atoms with Crippen LogP contribution >= 0.6 is 23.1 Å². The van der Waals surface area contributed by atoms with Gasteiger partial charge in [-0.05, 0) is 67.0 Å². The molecule has 4 rings (SSSR count). The Balaban J connectivity index is 1.60. The smallest absolute Gasteiger partial charge is 0.271 e. The van der Waals surface area contributed by atoms with Crippen LogP contribution in [0.1, 0.15) is 70.3 Å². The molecule has 0 saturated heterocycles. The van der Waals surface area contributed by atoms with Crippen molar-refractivity contribution < 1.29 is 9.59 Å². The average molecular weight is 476 g/mol. The number of nitrogens with zero attached hydrogens (tertiary/aromatic N) is 2. The van der Waals surface area contributed by atoms with E-state index < -0.39 is 5.54 Å². The van der Waals surface area contributed by atoms with Crippen molar-refractivity contribution in [3.05, 3.63) is 23.2 Å². The van der Waals surface area contributed by atoms with Gasteiger partial charge in [-0.15, -0.1) is 11.3 Å². The maximum absolute atomic E-state index is 13.8. The quantitative estimate of drug-likeness (QED) is 0.521. The number of rotatable bonds is 8. The Kier molecular flexibility index (Phi) is 7.25. The first kappa shape index (κ1) is 23.7. The zero-order valence-corrected chi connectivity index (χ0v) is 21.5. The first-order valence-corrected chi connectivity index (χ1v) is 14.2. The van der Waals surface area contributed by atoms with E-state index in [9.17, 15) is 9.59 Å². The molecule has 3 heterocycles. The summed E-state index contributed by atoms with van der Waals surface area (Å²) in [5.41, 5.74) is 0.904. The number of hydrogen-bond donors (Lipinski definition) is 1. The summed E-state index contributed by atoms with van der Waals surface area (Å²) in [6.45, 7) is 9.83. The van der Waals surface area contributed by atoms with Crippen molar-refractivity contribution in [2.24, 2.45) is 11.8 Å². The lowest BCUT2D eigenvalue weighted by Crippen LogP contribution is -2.65. The topological polar surface area (TPSA) is 54.3 Å². The predicted molar refractivity (Wildman–Crippen MR) is 136 cm³/mol. The Hall–Kier alpha value is -1.47. The van der Waals surface area contributed by atoms with Crippen LogP contribution in [0, 0.1) is 11.8 Å². The van der Waals surface area contributed by atoms with Crippen molar-refractivity contribution >= 4 is 45.1 Å². The summed E-state index contributed by atoms with van der Waals surface area (Å²) in [5.74, 6) is 3.22. The molecule has 1 N–H and O–H groups in total. The highest BCUT2D eigenvalue weighted by Gasteiger charge is 2.48. The van der Waals surface area contributed by atoms with E-state index in [1.165, 1.54) is 6.42 Å². The molecule has 1 saturated carbocycles. The summed E-state index contributed by atoms with van der Waals surface area (Å²) in [6, 6.07) is 4.26. The molecule has 1 fully saturated rings. The molecule has 176 valence electrons. The summed E-state index contributed by atoms with van der Waals surface area (Å²) in [6.07, 6.45) is 5.48. The number of carbonyl (C=O) groups is 2. The van der Waals surface area contributed by atoms with Crippen LogP contribution in [0.3, 0.4) is 0 Å². The van der Waals surface area contributed by atoms with Crippen LogP contribution in [0.2, 0.25) is 0 Å². The second-order valence-corrected chi connectivity index (χ2v) is 12.0. The van der Waals surface area contributed by atoms with Gasteiger partial charge < -0.3 is 14.8 Å². The lowest BCUT2D eigenvalue weighted by Gasteiger charge is -2.45. The molecule has 0 radical (unpaired) electrons. The molecule has 2 amide bonds. The number of carbonyl (C=O) groups excluding carboxylic acids is 2. The standard InChI is InChI=1S/C25H37N3O2S2/c1-5-12-31-13-7-11-28-23(29)21-15-22-20(10-14-32-22)27(21)16-25(28,4)24(30)26-19-9-6-8-17(2)18(19)3/h10,14-15,17-19H,5-9,11-13,16H2,1-4H3,(H,26,30)/t17-,18+,19+,25+/m0/s1.